The molecule has 0 saturated carbocycles. The molecule has 0 aliphatic heterocycles. The molecule has 0 saturated heterocycles. The van der Waals surface area contributed by atoms with Crippen molar-refractivity contribution in [3.05, 3.63) is 46.5 Å². The molecule has 20 heavy (non-hydrogen) atoms. The molecule has 0 radical (unpaired) electrons. The number of carbonyl (C=O) groups excluding carboxylic acids is 1. The van der Waals surface area contributed by atoms with Gasteiger partial charge in [0, 0.05) is 23.0 Å². The molecule has 106 valence electrons. The number of nitrogens with zero attached hydrogens (tertiary/aromatic N) is 2. The lowest BCUT2D eigenvalue weighted by Gasteiger charge is -2.12. The Balaban J connectivity index is 2.12. The van der Waals surface area contributed by atoms with Gasteiger partial charge in [-0.25, -0.2) is 4.98 Å². The standard InChI is InChI=1S/C14H17ClN4O/c1-3-4-12-5-10(6-13(15)19-12)14(20)18-9(2)11-7-16-17-8-11/h5-9H,3-4H2,1-2H3,(H,16,17)(H,18,20). The first-order valence-electron chi connectivity index (χ1n) is 6.56. The number of pyridine rings is 1. The number of H-pyrrole nitrogens is 1. The second-order valence-corrected chi connectivity index (χ2v) is 5.03. The lowest BCUT2D eigenvalue weighted by molar-refractivity contribution is 0.0939. The Labute approximate surface area is 122 Å². The minimum atomic E-state index is -0.166. The molecule has 1 atom stereocenters. The Morgan fingerprint density at radius 3 is 2.95 bits per heavy atom. The van der Waals surface area contributed by atoms with Crippen LogP contribution in [0.25, 0.3) is 0 Å². The minimum absolute atomic E-state index is 0.122. The van der Waals surface area contributed by atoms with E-state index in [-0.39, 0.29) is 11.9 Å². The SMILES string of the molecule is CCCc1cc(C(=O)NC(C)c2cn[nH]c2)cc(Cl)n1. The van der Waals surface area contributed by atoms with E-state index in [1.807, 2.05) is 6.92 Å². The summed E-state index contributed by atoms with van der Waals surface area (Å²) in [4.78, 5) is 16.4. The molecule has 5 nitrogen and oxygen atoms in total. The van der Waals surface area contributed by atoms with Crippen LogP contribution in [0, 0.1) is 0 Å². The molecule has 0 aliphatic rings. The largest absolute Gasteiger partial charge is 0.345 e. The monoisotopic (exact) mass is 292 g/mol. The van der Waals surface area contributed by atoms with Crippen molar-refractivity contribution in [2.75, 3.05) is 0 Å². The van der Waals surface area contributed by atoms with E-state index >= 15 is 0 Å². The molecule has 1 unspecified atom stereocenters. The molecule has 1 amide bonds. The molecule has 0 fully saturated rings. The van der Waals surface area contributed by atoms with Crippen LogP contribution in [0.3, 0.4) is 0 Å². The molecule has 0 aliphatic carbocycles. The number of halogens is 1. The smallest absolute Gasteiger partial charge is 0.251 e. The van der Waals surface area contributed by atoms with Gasteiger partial charge in [0.25, 0.3) is 5.91 Å². The number of aromatic amines is 1. The molecule has 0 bridgehead atoms. The number of rotatable bonds is 5. The van der Waals surface area contributed by atoms with Gasteiger partial charge in [-0.2, -0.15) is 5.10 Å². The molecule has 0 aromatic carbocycles. The Hall–Kier alpha value is -1.88. The van der Waals surface area contributed by atoms with Crippen LogP contribution in [-0.2, 0) is 6.42 Å². The van der Waals surface area contributed by atoms with Crippen molar-refractivity contribution < 1.29 is 4.79 Å². The minimum Gasteiger partial charge on any atom is -0.345 e. The second-order valence-electron chi connectivity index (χ2n) is 4.65. The molecule has 2 N–H and O–H groups in total. The van der Waals surface area contributed by atoms with E-state index in [0.717, 1.165) is 24.1 Å². The van der Waals surface area contributed by atoms with E-state index in [9.17, 15) is 4.79 Å². The van der Waals surface area contributed by atoms with Gasteiger partial charge in [0.15, 0.2) is 0 Å². The van der Waals surface area contributed by atoms with E-state index < -0.39 is 0 Å². The highest BCUT2D eigenvalue weighted by Crippen LogP contribution is 2.15. The van der Waals surface area contributed by atoms with Gasteiger partial charge in [-0.05, 0) is 25.5 Å². The van der Waals surface area contributed by atoms with Gasteiger partial charge in [-0.1, -0.05) is 24.9 Å². The first-order chi connectivity index (χ1) is 9.60. The summed E-state index contributed by atoms with van der Waals surface area (Å²) in [5.74, 6) is -0.166. The zero-order valence-electron chi connectivity index (χ0n) is 11.5. The fourth-order valence-electron chi connectivity index (χ4n) is 1.93. The Morgan fingerprint density at radius 2 is 2.30 bits per heavy atom. The van der Waals surface area contributed by atoms with Crippen molar-refractivity contribution in [2.24, 2.45) is 0 Å². The number of carbonyl (C=O) groups is 1. The maximum Gasteiger partial charge on any atom is 0.251 e. The third-order valence-corrected chi connectivity index (χ3v) is 3.18. The summed E-state index contributed by atoms with van der Waals surface area (Å²) in [6.45, 7) is 3.96. The predicted octanol–water partition coefficient (Wildman–Crippen LogP) is 2.90. The third kappa shape index (κ3) is 3.57. The van der Waals surface area contributed by atoms with Gasteiger partial charge in [0.05, 0.1) is 12.2 Å². The van der Waals surface area contributed by atoms with Crippen LogP contribution in [0.5, 0.6) is 0 Å². The number of amides is 1. The number of aryl methyl sites for hydroxylation is 1. The zero-order valence-corrected chi connectivity index (χ0v) is 12.2. The van der Waals surface area contributed by atoms with Crippen molar-refractivity contribution in [1.82, 2.24) is 20.5 Å². The highest BCUT2D eigenvalue weighted by atomic mass is 35.5. The Bertz CT molecular complexity index is 583. The number of hydrogen-bond donors (Lipinski definition) is 2. The summed E-state index contributed by atoms with van der Waals surface area (Å²) >= 11 is 5.96. The zero-order chi connectivity index (χ0) is 14.5. The predicted molar refractivity (Wildman–Crippen MR) is 77.7 cm³/mol. The fourth-order valence-corrected chi connectivity index (χ4v) is 2.15. The number of hydrogen-bond acceptors (Lipinski definition) is 3. The van der Waals surface area contributed by atoms with Crippen LogP contribution >= 0.6 is 11.6 Å². The average Bonchev–Trinajstić information content (AvgIpc) is 2.92. The molecular formula is C14H17ClN4O. The maximum absolute atomic E-state index is 12.2. The lowest BCUT2D eigenvalue weighted by atomic mass is 10.1. The molecule has 2 heterocycles. The van der Waals surface area contributed by atoms with Gasteiger partial charge in [0.2, 0.25) is 0 Å². The van der Waals surface area contributed by atoms with Crippen molar-refractivity contribution in [2.45, 2.75) is 32.7 Å². The highest BCUT2D eigenvalue weighted by Gasteiger charge is 2.13. The average molecular weight is 293 g/mol. The van der Waals surface area contributed by atoms with Gasteiger partial charge in [0.1, 0.15) is 5.15 Å². The van der Waals surface area contributed by atoms with Crippen LogP contribution in [0.15, 0.2) is 24.5 Å². The summed E-state index contributed by atoms with van der Waals surface area (Å²) in [5, 5.41) is 9.85. The number of aromatic nitrogens is 3. The quantitative estimate of drug-likeness (QED) is 0.833. The molecular weight excluding hydrogens is 276 g/mol. The van der Waals surface area contributed by atoms with Crippen molar-refractivity contribution in [3.63, 3.8) is 0 Å². The van der Waals surface area contributed by atoms with E-state index in [1.54, 1.807) is 24.5 Å². The lowest BCUT2D eigenvalue weighted by Crippen LogP contribution is -2.26. The van der Waals surface area contributed by atoms with Crippen LogP contribution in [-0.4, -0.2) is 21.1 Å². The van der Waals surface area contributed by atoms with Crippen LogP contribution in [0.1, 0.15) is 47.9 Å². The molecule has 2 aromatic heterocycles. The summed E-state index contributed by atoms with van der Waals surface area (Å²) in [6.07, 6.45) is 5.21. The molecule has 2 aromatic rings. The normalized spacial score (nSPS) is 12.2. The van der Waals surface area contributed by atoms with Crippen molar-refractivity contribution in [3.8, 4) is 0 Å². The topological polar surface area (TPSA) is 70.7 Å². The van der Waals surface area contributed by atoms with Gasteiger partial charge in [-0.3, -0.25) is 9.89 Å². The van der Waals surface area contributed by atoms with E-state index in [0.29, 0.717) is 10.7 Å². The Morgan fingerprint density at radius 1 is 1.50 bits per heavy atom. The molecule has 2 rings (SSSR count). The fraction of sp³-hybridized carbons (Fsp3) is 0.357. The highest BCUT2D eigenvalue weighted by molar-refractivity contribution is 6.29. The van der Waals surface area contributed by atoms with E-state index in [1.165, 1.54) is 0 Å². The van der Waals surface area contributed by atoms with E-state index in [4.69, 9.17) is 11.6 Å². The number of nitrogens with one attached hydrogen (secondary N) is 2. The summed E-state index contributed by atoms with van der Waals surface area (Å²) in [6, 6.07) is 3.24. The second kappa shape index (κ2) is 6.52. The van der Waals surface area contributed by atoms with Crippen LogP contribution in [0.2, 0.25) is 5.15 Å². The summed E-state index contributed by atoms with van der Waals surface area (Å²) in [7, 11) is 0. The third-order valence-electron chi connectivity index (χ3n) is 2.98. The Kier molecular flexibility index (Phi) is 4.74. The van der Waals surface area contributed by atoms with Crippen LogP contribution < -0.4 is 5.32 Å². The summed E-state index contributed by atoms with van der Waals surface area (Å²) in [5.41, 5.74) is 2.29. The first-order valence-corrected chi connectivity index (χ1v) is 6.94. The van der Waals surface area contributed by atoms with Gasteiger partial charge < -0.3 is 5.32 Å². The van der Waals surface area contributed by atoms with Gasteiger partial charge in [-0.15, -0.1) is 0 Å². The van der Waals surface area contributed by atoms with Crippen LogP contribution in [0.4, 0.5) is 0 Å². The van der Waals surface area contributed by atoms with Crippen molar-refractivity contribution in [1.29, 1.82) is 0 Å². The summed E-state index contributed by atoms with van der Waals surface area (Å²) < 4.78 is 0. The maximum atomic E-state index is 12.2. The van der Waals surface area contributed by atoms with Gasteiger partial charge >= 0.3 is 0 Å². The first kappa shape index (κ1) is 14.5. The molecule has 0 spiro atoms. The van der Waals surface area contributed by atoms with Crippen molar-refractivity contribution >= 4 is 17.5 Å². The molecule has 6 heteroatoms. The van der Waals surface area contributed by atoms with E-state index in [2.05, 4.69) is 27.4 Å².